The number of nitrogen functional groups attached to an aromatic ring is 1. The fourth-order valence-corrected chi connectivity index (χ4v) is 2.90. The number of pyridine rings is 1. The smallest absolute Gasteiger partial charge is 0.0751 e. The van der Waals surface area contributed by atoms with E-state index in [1.807, 2.05) is 24.4 Å². The van der Waals surface area contributed by atoms with Crippen molar-refractivity contribution in [2.24, 2.45) is 0 Å². The number of aromatic nitrogens is 2. The molecule has 0 spiro atoms. The molecule has 0 unspecified atom stereocenters. The number of hydrogen-bond acceptors (Lipinski definition) is 2. The minimum atomic E-state index is 0.770. The summed E-state index contributed by atoms with van der Waals surface area (Å²) in [5.74, 6) is 0. The fourth-order valence-electron chi connectivity index (χ4n) is 2.90. The molecule has 3 heteroatoms. The maximum Gasteiger partial charge on any atom is 0.0751 e. The molecule has 2 aromatic heterocycles. The van der Waals surface area contributed by atoms with Crippen LogP contribution in [0.5, 0.6) is 0 Å². The monoisotopic (exact) mass is 273 g/mol. The van der Waals surface area contributed by atoms with Gasteiger partial charge in [0, 0.05) is 29.7 Å². The summed E-state index contributed by atoms with van der Waals surface area (Å²) in [6.07, 6.45) is 3.93. The molecule has 0 atom stereocenters. The molecular weight excluding hydrogens is 258 g/mol. The predicted molar refractivity (Wildman–Crippen MR) is 87.2 cm³/mol. The highest BCUT2D eigenvalue weighted by atomic mass is 15.0. The average molecular weight is 273 g/mol. The molecule has 2 N–H and O–H groups in total. The quantitative estimate of drug-likeness (QED) is 0.564. The first kappa shape index (κ1) is 12.0. The van der Waals surface area contributed by atoms with E-state index >= 15 is 0 Å². The first-order valence-corrected chi connectivity index (χ1v) is 6.99. The van der Waals surface area contributed by atoms with Crippen LogP contribution in [0.25, 0.3) is 21.8 Å². The molecule has 0 amide bonds. The van der Waals surface area contributed by atoms with Crippen LogP contribution >= 0.6 is 0 Å². The van der Waals surface area contributed by atoms with Crippen LogP contribution < -0.4 is 5.73 Å². The molecule has 21 heavy (non-hydrogen) atoms. The van der Waals surface area contributed by atoms with Gasteiger partial charge in [-0.3, -0.25) is 4.98 Å². The summed E-state index contributed by atoms with van der Waals surface area (Å²) in [5.41, 5.74) is 10.3. The SMILES string of the molecule is Nc1cccc2ccn(Cc3cccc4cccnc34)c12. The van der Waals surface area contributed by atoms with Crippen LogP contribution in [0, 0.1) is 0 Å². The first-order chi connectivity index (χ1) is 10.3. The third-order valence-corrected chi connectivity index (χ3v) is 3.88. The molecular formula is C18H15N3. The van der Waals surface area contributed by atoms with Crippen LogP contribution in [0.1, 0.15) is 5.56 Å². The van der Waals surface area contributed by atoms with Gasteiger partial charge in [-0.25, -0.2) is 0 Å². The van der Waals surface area contributed by atoms with Crippen molar-refractivity contribution >= 4 is 27.5 Å². The summed E-state index contributed by atoms with van der Waals surface area (Å²) in [5, 5.41) is 2.34. The van der Waals surface area contributed by atoms with Crippen molar-refractivity contribution in [1.29, 1.82) is 0 Å². The van der Waals surface area contributed by atoms with E-state index in [4.69, 9.17) is 5.73 Å². The van der Waals surface area contributed by atoms with E-state index in [1.165, 1.54) is 16.3 Å². The van der Waals surface area contributed by atoms with Crippen LogP contribution in [-0.4, -0.2) is 9.55 Å². The van der Waals surface area contributed by atoms with Crippen molar-refractivity contribution in [2.45, 2.75) is 6.54 Å². The normalized spacial score (nSPS) is 11.2. The van der Waals surface area contributed by atoms with Gasteiger partial charge < -0.3 is 10.3 Å². The summed E-state index contributed by atoms with van der Waals surface area (Å²) >= 11 is 0. The Bertz CT molecular complexity index is 932. The Labute approximate surface area is 122 Å². The van der Waals surface area contributed by atoms with E-state index in [1.54, 1.807) is 0 Å². The highest BCUT2D eigenvalue weighted by molar-refractivity contribution is 5.91. The molecule has 0 aliphatic heterocycles. The molecule has 102 valence electrons. The number of rotatable bonds is 2. The summed E-state index contributed by atoms with van der Waals surface area (Å²) < 4.78 is 2.19. The Morgan fingerprint density at radius 2 is 1.71 bits per heavy atom. The van der Waals surface area contributed by atoms with Gasteiger partial charge in [0.25, 0.3) is 0 Å². The van der Waals surface area contributed by atoms with Crippen molar-refractivity contribution in [3.63, 3.8) is 0 Å². The van der Waals surface area contributed by atoms with Crippen LogP contribution in [0.2, 0.25) is 0 Å². The fraction of sp³-hybridized carbons (Fsp3) is 0.0556. The van der Waals surface area contributed by atoms with Gasteiger partial charge in [0.15, 0.2) is 0 Å². The van der Waals surface area contributed by atoms with Gasteiger partial charge in [0.1, 0.15) is 0 Å². The molecule has 0 saturated carbocycles. The number of fused-ring (bicyclic) bond motifs is 2. The van der Waals surface area contributed by atoms with E-state index < -0.39 is 0 Å². The molecule has 3 nitrogen and oxygen atoms in total. The highest BCUT2D eigenvalue weighted by Gasteiger charge is 2.07. The lowest BCUT2D eigenvalue weighted by atomic mass is 10.1. The minimum Gasteiger partial charge on any atom is -0.397 e. The van der Waals surface area contributed by atoms with E-state index in [0.717, 1.165) is 23.3 Å². The molecule has 4 rings (SSSR count). The maximum absolute atomic E-state index is 6.13. The molecule has 0 saturated heterocycles. The molecule has 0 bridgehead atoms. The molecule has 4 aromatic rings. The standard InChI is InChI=1S/C18H15N3/c19-16-8-2-5-14-9-11-21(18(14)16)12-15-6-1-4-13-7-3-10-20-17(13)15/h1-11H,12,19H2. The van der Waals surface area contributed by atoms with Crippen molar-refractivity contribution in [1.82, 2.24) is 9.55 Å². The van der Waals surface area contributed by atoms with Gasteiger partial charge in [-0.1, -0.05) is 36.4 Å². The van der Waals surface area contributed by atoms with Gasteiger partial charge >= 0.3 is 0 Å². The maximum atomic E-state index is 6.13. The minimum absolute atomic E-state index is 0.770. The average Bonchev–Trinajstić information content (AvgIpc) is 2.92. The van der Waals surface area contributed by atoms with Crippen LogP contribution in [-0.2, 0) is 6.54 Å². The molecule has 0 aliphatic carbocycles. The lowest BCUT2D eigenvalue weighted by Crippen LogP contribution is -2.01. The number of nitrogens with zero attached hydrogens (tertiary/aromatic N) is 2. The highest BCUT2D eigenvalue weighted by Crippen LogP contribution is 2.24. The van der Waals surface area contributed by atoms with Crippen molar-refractivity contribution < 1.29 is 0 Å². The summed E-state index contributed by atoms with van der Waals surface area (Å²) in [6.45, 7) is 0.770. The Morgan fingerprint density at radius 3 is 2.67 bits per heavy atom. The molecule has 0 aliphatic rings. The van der Waals surface area contributed by atoms with Crippen molar-refractivity contribution in [3.05, 3.63) is 72.6 Å². The van der Waals surface area contributed by atoms with Gasteiger partial charge in [0.05, 0.1) is 16.7 Å². The number of hydrogen-bond donors (Lipinski definition) is 1. The zero-order valence-corrected chi connectivity index (χ0v) is 11.5. The van der Waals surface area contributed by atoms with E-state index in [-0.39, 0.29) is 0 Å². The largest absolute Gasteiger partial charge is 0.397 e. The molecule has 2 heterocycles. The zero-order chi connectivity index (χ0) is 14.2. The molecule has 2 aromatic carbocycles. The molecule has 0 fully saturated rings. The van der Waals surface area contributed by atoms with Crippen LogP contribution in [0.3, 0.4) is 0 Å². The van der Waals surface area contributed by atoms with Gasteiger partial charge in [-0.05, 0) is 23.8 Å². The zero-order valence-electron chi connectivity index (χ0n) is 11.5. The third kappa shape index (κ3) is 1.94. The lowest BCUT2D eigenvalue weighted by molar-refractivity contribution is 0.842. The number of benzene rings is 2. The second-order valence-electron chi connectivity index (χ2n) is 5.22. The van der Waals surface area contributed by atoms with Crippen molar-refractivity contribution in [3.8, 4) is 0 Å². The van der Waals surface area contributed by atoms with E-state index in [0.29, 0.717) is 0 Å². The Hall–Kier alpha value is -2.81. The van der Waals surface area contributed by atoms with Crippen LogP contribution in [0.15, 0.2) is 67.0 Å². The summed E-state index contributed by atoms with van der Waals surface area (Å²) in [7, 11) is 0. The van der Waals surface area contributed by atoms with E-state index in [2.05, 4.69) is 52.1 Å². The van der Waals surface area contributed by atoms with Crippen molar-refractivity contribution in [2.75, 3.05) is 5.73 Å². The first-order valence-electron chi connectivity index (χ1n) is 6.99. The number of para-hydroxylation sites is 2. The topological polar surface area (TPSA) is 43.8 Å². The van der Waals surface area contributed by atoms with Gasteiger partial charge in [-0.15, -0.1) is 0 Å². The molecule has 0 radical (unpaired) electrons. The Morgan fingerprint density at radius 1 is 0.905 bits per heavy atom. The number of nitrogens with two attached hydrogens (primary N) is 1. The van der Waals surface area contributed by atoms with Gasteiger partial charge in [0.2, 0.25) is 0 Å². The second-order valence-corrected chi connectivity index (χ2v) is 5.22. The van der Waals surface area contributed by atoms with Gasteiger partial charge in [-0.2, -0.15) is 0 Å². The third-order valence-electron chi connectivity index (χ3n) is 3.88. The van der Waals surface area contributed by atoms with Crippen LogP contribution in [0.4, 0.5) is 5.69 Å². The number of anilines is 1. The second kappa shape index (κ2) is 4.63. The summed E-state index contributed by atoms with van der Waals surface area (Å²) in [4.78, 5) is 4.52. The predicted octanol–water partition coefficient (Wildman–Crippen LogP) is 3.82. The Balaban J connectivity index is 1.87. The van der Waals surface area contributed by atoms with E-state index in [9.17, 15) is 0 Å². The lowest BCUT2D eigenvalue weighted by Gasteiger charge is -2.09. The summed E-state index contributed by atoms with van der Waals surface area (Å²) in [6, 6.07) is 18.5. The Kier molecular flexibility index (Phi) is 2.64.